The van der Waals surface area contributed by atoms with E-state index in [2.05, 4.69) is 32.9 Å². The van der Waals surface area contributed by atoms with Crippen LogP contribution in [0.5, 0.6) is 0 Å². The molecule has 1 aliphatic rings. The van der Waals surface area contributed by atoms with Crippen molar-refractivity contribution in [2.24, 2.45) is 0 Å². The quantitative estimate of drug-likeness (QED) is 0.522. The molecule has 1 fully saturated rings. The normalized spacial score (nSPS) is 16.1. The summed E-state index contributed by atoms with van der Waals surface area (Å²) in [7, 11) is -4.27. The molecule has 1 amide bonds. The lowest BCUT2D eigenvalue weighted by Crippen LogP contribution is -2.42. The number of rotatable bonds is 4. The van der Waals surface area contributed by atoms with Gasteiger partial charge in [-0.15, -0.1) is 0 Å². The number of nitrogens with zero attached hydrogens (tertiary/aromatic N) is 2. The Labute approximate surface area is 170 Å². The standard InChI is InChI=1S/C14H15N3O.C7H8O3S/c18-14-7-6-12(15-14)10-16-8-9-17(11-16)13-4-2-1-3-5-13;1-6-2-4-7(5-3-6)11(8,9)10/h1-5,8-9,11-12H,6-7,10H2;2-5H,1H3,(H,8,9,10)/t12-;/m0./s1. The zero-order valence-corrected chi connectivity index (χ0v) is 16.9. The molecule has 1 aromatic heterocycles. The highest BCUT2D eigenvalue weighted by Gasteiger charge is 2.23. The molecule has 152 valence electrons. The van der Waals surface area contributed by atoms with Crippen LogP contribution in [0.15, 0.2) is 78.2 Å². The molecule has 8 heteroatoms. The number of carbonyl (C=O) groups is 1. The van der Waals surface area contributed by atoms with Crippen LogP contribution in [0.1, 0.15) is 18.4 Å². The Balaban J connectivity index is 0.000000188. The lowest BCUT2D eigenvalue weighted by molar-refractivity contribution is -0.698. The van der Waals surface area contributed by atoms with Gasteiger partial charge in [-0.1, -0.05) is 35.9 Å². The number of para-hydroxylation sites is 1. The molecule has 0 unspecified atom stereocenters. The Bertz CT molecular complexity index is 1060. The number of benzene rings is 2. The zero-order valence-electron chi connectivity index (χ0n) is 16.1. The van der Waals surface area contributed by atoms with Crippen molar-refractivity contribution in [3.63, 3.8) is 0 Å². The maximum absolute atomic E-state index is 11.1. The summed E-state index contributed by atoms with van der Waals surface area (Å²) >= 11 is 0. The van der Waals surface area contributed by atoms with Gasteiger partial charge in [-0.3, -0.25) is 4.79 Å². The van der Waals surface area contributed by atoms with Gasteiger partial charge in [-0.2, -0.15) is 0 Å². The summed E-state index contributed by atoms with van der Waals surface area (Å²) in [5, 5.41) is 2.98. The zero-order chi connectivity index (χ0) is 20.9. The van der Waals surface area contributed by atoms with Crippen LogP contribution < -0.4 is 9.88 Å². The predicted molar refractivity (Wildman–Crippen MR) is 106 cm³/mol. The van der Waals surface area contributed by atoms with Gasteiger partial charge >= 0.3 is 0 Å². The molecule has 3 aromatic rings. The molecule has 0 aliphatic carbocycles. The van der Waals surface area contributed by atoms with E-state index in [-0.39, 0.29) is 16.8 Å². The number of imidazole rings is 1. The smallest absolute Gasteiger partial charge is 0.249 e. The van der Waals surface area contributed by atoms with Gasteiger partial charge in [0.1, 0.15) is 34.7 Å². The van der Waals surface area contributed by atoms with Crippen molar-refractivity contribution < 1.29 is 22.3 Å². The number of aromatic nitrogens is 2. The first-order chi connectivity index (χ1) is 13.8. The Morgan fingerprint density at radius 1 is 1.14 bits per heavy atom. The molecule has 0 saturated carbocycles. The molecule has 2 heterocycles. The van der Waals surface area contributed by atoms with Gasteiger partial charge in [0.15, 0.2) is 0 Å². The summed E-state index contributed by atoms with van der Waals surface area (Å²) in [5.74, 6) is 0.170. The van der Waals surface area contributed by atoms with E-state index in [9.17, 15) is 17.8 Å². The van der Waals surface area contributed by atoms with E-state index in [0.717, 1.165) is 24.2 Å². The monoisotopic (exact) mass is 413 g/mol. The number of aryl methyl sites for hydroxylation is 1. The van der Waals surface area contributed by atoms with Crippen LogP contribution in [0.2, 0.25) is 0 Å². The van der Waals surface area contributed by atoms with E-state index < -0.39 is 10.1 Å². The Hall–Kier alpha value is -2.97. The predicted octanol–water partition coefficient (Wildman–Crippen LogP) is 1.94. The van der Waals surface area contributed by atoms with Crippen molar-refractivity contribution in [2.45, 2.75) is 37.2 Å². The van der Waals surface area contributed by atoms with Crippen molar-refractivity contribution in [3.8, 4) is 5.69 Å². The van der Waals surface area contributed by atoms with E-state index in [1.54, 1.807) is 12.1 Å². The van der Waals surface area contributed by atoms with Gasteiger partial charge in [0.25, 0.3) is 0 Å². The van der Waals surface area contributed by atoms with E-state index in [4.69, 9.17) is 0 Å². The highest BCUT2D eigenvalue weighted by molar-refractivity contribution is 7.85. The van der Waals surface area contributed by atoms with Crippen LogP contribution in [0.25, 0.3) is 5.69 Å². The van der Waals surface area contributed by atoms with Crippen LogP contribution in [0.3, 0.4) is 0 Å². The topological polar surface area (TPSA) is 95.1 Å². The first kappa shape index (κ1) is 20.8. The maximum atomic E-state index is 11.1. The van der Waals surface area contributed by atoms with Crippen molar-refractivity contribution >= 4 is 16.0 Å². The van der Waals surface area contributed by atoms with Crippen LogP contribution in [-0.4, -0.2) is 29.5 Å². The van der Waals surface area contributed by atoms with Gasteiger partial charge in [0.05, 0.1) is 10.9 Å². The number of carbonyl (C=O) groups excluding carboxylic acids is 1. The molecular weight excluding hydrogens is 390 g/mol. The molecule has 0 spiro atoms. The van der Waals surface area contributed by atoms with Crippen LogP contribution >= 0.6 is 0 Å². The first-order valence-electron chi connectivity index (χ1n) is 9.25. The number of nitrogens with one attached hydrogen (secondary N) is 1. The van der Waals surface area contributed by atoms with Crippen LogP contribution in [0, 0.1) is 6.92 Å². The number of hydrogen-bond donors (Lipinski definition) is 1. The fraction of sp³-hybridized carbons (Fsp3) is 0.238. The van der Waals surface area contributed by atoms with Crippen molar-refractivity contribution in [3.05, 3.63) is 78.9 Å². The minimum atomic E-state index is -4.27. The van der Waals surface area contributed by atoms with Crippen LogP contribution in [0.4, 0.5) is 0 Å². The van der Waals surface area contributed by atoms with Gasteiger partial charge in [-0.25, -0.2) is 17.6 Å². The molecule has 1 aliphatic heterocycles. The Kier molecular flexibility index (Phi) is 6.46. The highest BCUT2D eigenvalue weighted by atomic mass is 32.2. The molecule has 0 bridgehead atoms. The second-order valence-electron chi connectivity index (χ2n) is 6.92. The summed E-state index contributed by atoms with van der Waals surface area (Å²) in [5.41, 5.74) is 2.07. The number of amides is 1. The van der Waals surface area contributed by atoms with E-state index in [1.165, 1.54) is 12.1 Å². The summed E-state index contributed by atoms with van der Waals surface area (Å²) < 4.78 is 35.4. The average Bonchev–Trinajstić information content (AvgIpc) is 3.32. The molecule has 2 aromatic carbocycles. The van der Waals surface area contributed by atoms with Crippen molar-refractivity contribution in [1.82, 2.24) is 9.88 Å². The summed E-state index contributed by atoms with van der Waals surface area (Å²) in [6.45, 7) is 2.66. The van der Waals surface area contributed by atoms with Gasteiger partial charge in [0.2, 0.25) is 12.2 Å². The SMILES string of the molecule is Cc1ccc(S(=O)(=O)[O-])cc1.O=C1CC[C@@H](C[n+]2ccn(-c3ccccc3)c2)N1. The third kappa shape index (κ3) is 6.00. The largest absolute Gasteiger partial charge is 0.744 e. The average molecular weight is 413 g/mol. The van der Waals surface area contributed by atoms with Gasteiger partial charge in [0, 0.05) is 6.42 Å². The van der Waals surface area contributed by atoms with Gasteiger partial charge in [-0.05, 0) is 37.6 Å². The molecule has 7 nitrogen and oxygen atoms in total. The van der Waals surface area contributed by atoms with Gasteiger partial charge < -0.3 is 9.87 Å². The van der Waals surface area contributed by atoms with Crippen LogP contribution in [-0.2, 0) is 21.5 Å². The van der Waals surface area contributed by atoms with E-state index >= 15 is 0 Å². The second-order valence-corrected chi connectivity index (χ2v) is 8.30. The summed E-state index contributed by atoms with van der Waals surface area (Å²) in [6, 6.07) is 16.3. The Morgan fingerprint density at radius 2 is 1.83 bits per heavy atom. The molecule has 0 radical (unpaired) electrons. The van der Waals surface area contributed by atoms with E-state index in [1.807, 2.05) is 37.5 Å². The van der Waals surface area contributed by atoms with Crippen molar-refractivity contribution in [2.75, 3.05) is 0 Å². The fourth-order valence-corrected chi connectivity index (χ4v) is 3.50. The second kappa shape index (κ2) is 9.02. The minimum Gasteiger partial charge on any atom is -0.744 e. The maximum Gasteiger partial charge on any atom is 0.249 e. The minimum absolute atomic E-state index is 0.170. The molecule has 1 atom stereocenters. The molecule has 1 N–H and O–H groups in total. The molecular formula is C21H23N3O4S. The number of hydrogen-bond acceptors (Lipinski definition) is 4. The summed E-state index contributed by atoms with van der Waals surface area (Å²) in [4.78, 5) is 11.0. The lowest BCUT2D eigenvalue weighted by atomic mass is 10.2. The Morgan fingerprint density at radius 3 is 2.41 bits per heavy atom. The summed E-state index contributed by atoms with van der Waals surface area (Å²) in [6.07, 6.45) is 7.72. The van der Waals surface area contributed by atoms with E-state index in [0.29, 0.717) is 6.42 Å². The highest BCUT2D eigenvalue weighted by Crippen LogP contribution is 2.09. The van der Waals surface area contributed by atoms with Crippen molar-refractivity contribution in [1.29, 1.82) is 0 Å². The fourth-order valence-electron chi connectivity index (χ4n) is 3.03. The molecule has 1 saturated heterocycles. The third-order valence-corrected chi connectivity index (χ3v) is 5.42. The lowest BCUT2D eigenvalue weighted by Gasteiger charge is -2.05. The first-order valence-corrected chi connectivity index (χ1v) is 10.7. The molecule has 29 heavy (non-hydrogen) atoms. The molecule has 4 rings (SSSR count). The third-order valence-electron chi connectivity index (χ3n) is 4.57.